The van der Waals surface area contributed by atoms with E-state index in [1.165, 1.54) is 36.8 Å². The van der Waals surface area contributed by atoms with Crippen molar-refractivity contribution in [1.82, 2.24) is 10.3 Å². The predicted molar refractivity (Wildman–Crippen MR) is 74.7 cm³/mol. The summed E-state index contributed by atoms with van der Waals surface area (Å²) in [5.74, 6) is 0.883. The molecule has 0 saturated carbocycles. The zero-order chi connectivity index (χ0) is 12.3. The summed E-state index contributed by atoms with van der Waals surface area (Å²) in [7, 11) is 0. The molecule has 0 aliphatic carbocycles. The smallest absolute Gasteiger partial charge is 0.185 e. The van der Waals surface area contributed by atoms with Crippen molar-refractivity contribution in [2.24, 2.45) is 5.92 Å². The van der Waals surface area contributed by atoms with Gasteiger partial charge in [-0.25, -0.2) is 4.98 Å². The van der Waals surface area contributed by atoms with Crippen LogP contribution in [0, 0.1) is 5.92 Å². The van der Waals surface area contributed by atoms with Crippen molar-refractivity contribution in [3.63, 3.8) is 0 Å². The van der Waals surface area contributed by atoms with Gasteiger partial charge in [0.1, 0.15) is 0 Å². The molecule has 1 fully saturated rings. The summed E-state index contributed by atoms with van der Waals surface area (Å²) in [5.41, 5.74) is 1.18. The fourth-order valence-corrected chi connectivity index (χ4v) is 2.91. The van der Waals surface area contributed by atoms with E-state index in [4.69, 9.17) is 4.98 Å². The predicted octanol–water partition coefficient (Wildman–Crippen LogP) is 2.88. The van der Waals surface area contributed by atoms with Gasteiger partial charge in [0.05, 0.1) is 5.69 Å². The first-order valence-corrected chi connectivity index (χ1v) is 7.46. The van der Waals surface area contributed by atoms with Gasteiger partial charge >= 0.3 is 0 Å². The summed E-state index contributed by atoms with van der Waals surface area (Å²) in [6, 6.07) is 0.524. The van der Waals surface area contributed by atoms with Crippen LogP contribution in [0.1, 0.15) is 39.3 Å². The molecule has 1 aromatic rings. The third kappa shape index (κ3) is 3.68. The third-order valence-corrected chi connectivity index (χ3v) is 4.24. The lowest BCUT2D eigenvalue weighted by Crippen LogP contribution is -2.32. The Labute approximate surface area is 108 Å². The van der Waals surface area contributed by atoms with E-state index < -0.39 is 0 Å². The summed E-state index contributed by atoms with van der Waals surface area (Å²) < 4.78 is 0. The average Bonchev–Trinajstić information content (AvgIpc) is 2.76. The lowest BCUT2D eigenvalue weighted by Gasteiger charge is -2.29. The molecule has 0 radical (unpaired) electrons. The fourth-order valence-electron chi connectivity index (χ4n) is 2.03. The summed E-state index contributed by atoms with van der Waals surface area (Å²) in [5, 5.41) is 6.80. The number of nitrogens with one attached hydrogen (secondary N) is 1. The van der Waals surface area contributed by atoms with E-state index in [9.17, 15) is 0 Å². The molecule has 2 heterocycles. The van der Waals surface area contributed by atoms with Crippen LogP contribution in [-0.4, -0.2) is 24.1 Å². The van der Waals surface area contributed by atoms with Crippen LogP contribution < -0.4 is 10.2 Å². The number of hydrogen-bond acceptors (Lipinski definition) is 4. The van der Waals surface area contributed by atoms with Crippen LogP contribution in [0.2, 0.25) is 0 Å². The Kier molecular flexibility index (Phi) is 4.40. The SMILES string of the molecule is CC1CCN(c2nc(CNC(C)C)cs2)CC1. The summed E-state index contributed by atoms with van der Waals surface area (Å²) in [6.07, 6.45) is 2.61. The highest BCUT2D eigenvalue weighted by molar-refractivity contribution is 7.13. The molecule has 0 aromatic carbocycles. The van der Waals surface area contributed by atoms with Crippen LogP contribution >= 0.6 is 11.3 Å². The van der Waals surface area contributed by atoms with Crippen molar-refractivity contribution >= 4 is 16.5 Å². The van der Waals surface area contributed by atoms with Gasteiger partial charge in [0.15, 0.2) is 5.13 Å². The lowest BCUT2D eigenvalue weighted by atomic mass is 10.00. The molecule has 0 amide bonds. The third-order valence-electron chi connectivity index (χ3n) is 3.29. The van der Waals surface area contributed by atoms with Gasteiger partial charge in [-0.15, -0.1) is 11.3 Å². The van der Waals surface area contributed by atoms with Crippen LogP contribution in [0.25, 0.3) is 0 Å². The Balaban J connectivity index is 1.89. The van der Waals surface area contributed by atoms with Gasteiger partial charge in [0, 0.05) is 31.1 Å². The standard InChI is InChI=1S/C13H23N3S/c1-10(2)14-8-12-9-17-13(15-12)16-6-4-11(3)5-7-16/h9-11,14H,4-8H2,1-3H3. The van der Waals surface area contributed by atoms with Crippen molar-refractivity contribution in [3.8, 4) is 0 Å². The van der Waals surface area contributed by atoms with E-state index in [-0.39, 0.29) is 0 Å². The summed E-state index contributed by atoms with van der Waals surface area (Å²) in [4.78, 5) is 7.15. The Bertz CT molecular complexity index is 340. The maximum atomic E-state index is 4.71. The maximum absolute atomic E-state index is 4.71. The Hall–Kier alpha value is -0.610. The second-order valence-corrected chi connectivity index (χ2v) is 6.16. The van der Waals surface area contributed by atoms with E-state index in [0.29, 0.717) is 6.04 Å². The van der Waals surface area contributed by atoms with E-state index >= 15 is 0 Å². The minimum Gasteiger partial charge on any atom is -0.348 e. The minimum atomic E-state index is 0.524. The number of nitrogens with zero attached hydrogens (tertiary/aromatic N) is 2. The van der Waals surface area contributed by atoms with Crippen molar-refractivity contribution in [2.75, 3.05) is 18.0 Å². The van der Waals surface area contributed by atoms with Crippen LogP contribution in [-0.2, 0) is 6.54 Å². The molecule has 17 heavy (non-hydrogen) atoms. The highest BCUT2D eigenvalue weighted by atomic mass is 32.1. The minimum absolute atomic E-state index is 0.524. The van der Waals surface area contributed by atoms with Crippen LogP contribution in [0.4, 0.5) is 5.13 Å². The van der Waals surface area contributed by atoms with Crippen molar-refractivity contribution in [3.05, 3.63) is 11.1 Å². The molecule has 1 aliphatic heterocycles. The van der Waals surface area contributed by atoms with E-state index in [0.717, 1.165) is 12.5 Å². The monoisotopic (exact) mass is 253 g/mol. The first-order chi connectivity index (χ1) is 8.15. The number of rotatable bonds is 4. The van der Waals surface area contributed by atoms with E-state index in [2.05, 4.69) is 36.4 Å². The van der Waals surface area contributed by atoms with Crippen LogP contribution in [0.3, 0.4) is 0 Å². The summed E-state index contributed by atoms with van der Waals surface area (Å²) >= 11 is 1.78. The Morgan fingerprint density at radius 3 is 2.82 bits per heavy atom. The molecular formula is C13H23N3S. The van der Waals surface area contributed by atoms with Gasteiger partial charge in [0.2, 0.25) is 0 Å². The van der Waals surface area contributed by atoms with Gasteiger partial charge < -0.3 is 10.2 Å². The van der Waals surface area contributed by atoms with E-state index in [1.807, 2.05) is 0 Å². The average molecular weight is 253 g/mol. The molecule has 1 N–H and O–H groups in total. The molecule has 1 aromatic heterocycles. The molecule has 3 nitrogen and oxygen atoms in total. The lowest BCUT2D eigenvalue weighted by molar-refractivity contribution is 0.438. The van der Waals surface area contributed by atoms with Gasteiger partial charge in [-0.3, -0.25) is 0 Å². The molecule has 2 rings (SSSR count). The maximum Gasteiger partial charge on any atom is 0.185 e. The van der Waals surface area contributed by atoms with Crippen molar-refractivity contribution in [2.45, 2.75) is 46.2 Å². The second kappa shape index (κ2) is 5.83. The quantitative estimate of drug-likeness (QED) is 0.894. The molecule has 1 saturated heterocycles. The number of thiazole rings is 1. The number of piperidine rings is 1. The summed E-state index contributed by atoms with van der Waals surface area (Å²) in [6.45, 7) is 9.91. The molecular weight excluding hydrogens is 230 g/mol. The molecule has 0 unspecified atom stereocenters. The Morgan fingerprint density at radius 1 is 1.47 bits per heavy atom. The molecule has 96 valence electrons. The van der Waals surface area contributed by atoms with Gasteiger partial charge in [0.25, 0.3) is 0 Å². The zero-order valence-corrected chi connectivity index (χ0v) is 11.9. The van der Waals surface area contributed by atoms with Gasteiger partial charge in [-0.1, -0.05) is 20.8 Å². The number of anilines is 1. The fraction of sp³-hybridized carbons (Fsp3) is 0.769. The second-order valence-electron chi connectivity index (χ2n) is 5.33. The van der Waals surface area contributed by atoms with E-state index in [1.54, 1.807) is 11.3 Å². The Morgan fingerprint density at radius 2 is 2.18 bits per heavy atom. The first kappa shape index (κ1) is 12.8. The van der Waals surface area contributed by atoms with Crippen molar-refractivity contribution < 1.29 is 0 Å². The largest absolute Gasteiger partial charge is 0.348 e. The van der Waals surface area contributed by atoms with Crippen LogP contribution in [0.15, 0.2) is 5.38 Å². The van der Waals surface area contributed by atoms with Crippen molar-refractivity contribution in [1.29, 1.82) is 0 Å². The molecule has 0 bridgehead atoms. The highest BCUT2D eigenvalue weighted by Gasteiger charge is 2.18. The van der Waals surface area contributed by atoms with Gasteiger partial charge in [-0.2, -0.15) is 0 Å². The molecule has 0 spiro atoms. The first-order valence-electron chi connectivity index (χ1n) is 6.58. The normalized spacial score (nSPS) is 18.0. The number of aromatic nitrogens is 1. The molecule has 0 atom stereocenters. The molecule has 1 aliphatic rings. The number of hydrogen-bond donors (Lipinski definition) is 1. The topological polar surface area (TPSA) is 28.2 Å². The molecule has 4 heteroatoms. The van der Waals surface area contributed by atoms with Gasteiger partial charge in [-0.05, 0) is 18.8 Å². The van der Waals surface area contributed by atoms with Crippen LogP contribution in [0.5, 0.6) is 0 Å². The zero-order valence-electron chi connectivity index (χ0n) is 11.1. The highest BCUT2D eigenvalue weighted by Crippen LogP contribution is 2.25.